The van der Waals surface area contributed by atoms with E-state index in [1.165, 1.54) is 24.8 Å². The van der Waals surface area contributed by atoms with Crippen molar-refractivity contribution in [3.8, 4) is 0 Å². The zero-order valence-corrected chi connectivity index (χ0v) is 18.4. The van der Waals surface area contributed by atoms with Crippen LogP contribution in [0.15, 0.2) is 41.3 Å². The van der Waals surface area contributed by atoms with Crippen molar-refractivity contribution in [2.24, 2.45) is 0 Å². The van der Waals surface area contributed by atoms with E-state index in [-0.39, 0.29) is 24.0 Å². The summed E-state index contributed by atoms with van der Waals surface area (Å²) in [4.78, 5) is 41.1. The highest BCUT2D eigenvalue weighted by molar-refractivity contribution is 8.01. The van der Waals surface area contributed by atoms with Crippen molar-refractivity contribution in [3.63, 3.8) is 0 Å². The first-order valence-electron chi connectivity index (χ1n) is 9.92. The van der Waals surface area contributed by atoms with Gasteiger partial charge in [0.05, 0.1) is 16.6 Å². The Morgan fingerprint density at radius 2 is 1.90 bits per heavy atom. The normalized spacial score (nSPS) is 18.4. The van der Waals surface area contributed by atoms with Crippen LogP contribution in [0.5, 0.6) is 0 Å². The number of rotatable bonds is 4. The molecule has 1 saturated heterocycles. The first-order valence-corrected chi connectivity index (χ1v) is 11.2. The fourth-order valence-electron chi connectivity index (χ4n) is 3.72. The lowest BCUT2D eigenvalue weighted by molar-refractivity contribution is -0.132. The summed E-state index contributed by atoms with van der Waals surface area (Å²) in [6, 6.07) is 9.76. The number of fused-ring (bicyclic) bond motifs is 1. The number of anilines is 2. The Morgan fingerprint density at radius 1 is 1.16 bits per heavy atom. The number of thioether (sulfide) groups is 1. The van der Waals surface area contributed by atoms with Gasteiger partial charge in [0.2, 0.25) is 11.8 Å². The lowest BCUT2D eigenvalue weighted by atomic mass is 10.1. The Bertz CT molecular complexity index is 1060. The van der Waals surface area contributed by atoms with Crippen molar-refractivity contribution >= 4 is 52.3 Å². The Morgan fingerprint density at radius 3 is 2.58 bits per heavy atom. The van der Waals surface area contributed by atoms with Crippen LogP contribution in [-0.2, 0) is 9.59 Å². The molecule has 31 heavy (non-hydrogen) atoms. The quantitative estimate of drug-likeness (QED) is 0.701. The molecule has 2 aliphatic heterocycles. The van der Waals surface area contributed by atoms with Crippen LogP contribution in [-0.4, -0.2) is 53.9 Å². The average molecular weight is 462 g/mol. The third kappa shape index (κ3) is 4.70. The Labute approximate surface area is 188 Å². The number of piperazine rings is 1. The highest BCUT2D eigenvalue weighted by Gasteiger charge is 2.32. The van der Waals surface area contributed by atoms with Crippen molar-refractivity contribution in [1.29, 1.82) is 0 Å². The Hall–Kier alpha value is -2.58. The molecule has 9 heteroatoms. The predicted molar refractivity (Wildman–Crippen MR) is 120 cm³/mol. The van der Waals surface area contributed by atoms with E-state index in [1.54, 1.807) is 29.2 Å². The standard InChI is InChI=1S/C22H21ClFN3O3S/c1-13(28)14-2-4-18(16(24)10-14)26-6-8-27(9-7-26)21(29)12-20-22(30)25-17-11-15(23)3-5-19(17)31-20/h2-5,10-11,20H,6-9,12H2,1H3,(H,25,30)/t20-/m0/s1. The van der Waals surface area contributed by atoms with Gasteiger partial charge in [-0.3, -0.25) is 14.4 Å². The fraction of sp³-hybridized carbons (Fsp3) is 0.318. The minimum absolute atomic E-state index is 0.0975. The largest absolute Gasteiger partial charge is 0.366 e. The molecule has 2 aliphatic rings. The molecule has 6 nitrogen and oxygen atoms in total. The summed E-state index contributed by atoms with van der Waals surface area (Å²) in [5.41, 5.74) is 1.43. The number of carbonyl (C=O) groups is 3. The number of nitrogens with one attached hydrogen (secondary N) is 1. The number of nitrogens with zero attached hydrogens (tertiary/aromatic N) is 2. The summed E-state index contributed by atoms with van der Waals surface area (Å²) in [5, 5.41) is 2.85. The lowest BCUT2D eigenvalue weighted by Crippen LogP contribution is -2.50. The third-order valence-corrected chi connectivity index (χ3v) is 6.96. The number of hydrogen-bond donors (Lipinski definition) is 1. The van der Waals surface area contributed by atoms with Crippen molar-refractivity contribution in [2.45, 2.75) is 23.5 Å². The van der Waals surface area contributed by atoms with Gasteiger partial charge < -0.3 is 15.1 Å². The first-order chi connectivity index (χ1) is 14.8. The molecule has 1 atom stereocenters. The maximum atomic E-state index is 14.4. The number of benzene rings is 2. The molecule has 0 radical (unpaired) electrons. The molecule has 2 aromatic carbocycles. The minimum Gasteiger partial charge on any atom is -0.366 e. The highest BCUT2D eigenvalue weighted by Crippen LogP contribution is 2.38. The molecule has 2 aromatic rings. The van der Waals surface area contributed by atoms with Gasteiger partial charge in [-0.1, -0.05) is 11.6 Å². The molecule has 162 valence electrons. The molecule has 0 bridgehead atoms. The van der Waals surface area contributed by atoms with Crippen molar-refractivity contribution in [2.75, 3.05) is 36.4 Å². The molecule has 0 aliphatic carbocycles. The van der Waals surface area contributed by atoms with E-state index in [0.717, 1.165) is 4.90 Å². The molecule has 2 heterocycles. The number of ketones is 1. The van der Waals surface area contributed by atoms with Crippen molar-refractivity contribution < 1.29 is 18.8 Å². The van der Waals surface area contributed by atoms with Crippen LogP contribution in [0.1, 0.15) is 23.7 Å². The topological polar surface area (TPSA) is 69.7 Å². The Balaban J connectivity index is 1.35. The van der Waals surface area contributed by atoms with Crippen LogP contribution in [0.3, 0.4) is 0 Å². The molecular weight excluding hydrogens is 441 g/mol. The van der Waals surface area contributed by atoms with Crippen molar-refractivity contribution in [1.82, 2.24) is 4.90 Å². The van der Waals surface area contributed by atoms with E-state index in [2.05, 4.69) is 5.32 Å². The minimum atomic E-state index is -0.504. The zero-order valence-electron chi connectivity index (χ0n) is 16.9. The van der Waals surface area contributed by atoms with Gasteiger partial charge in [0.25, 0.3) is 0 Å². The first kappa shape index (κ1) is 21.6. The monoisotopic (exact) mass is 461 g/mol. The highest BCUT2D eigenvalue weighted by atomic mass is 35.5. The second kappa shape index (κ2) is 8.88. The zero-order chi connectivity index (χ0) is 22.1. The molecule has 0 unspecified atom stereocenters. The van der Waals surface area contributed by atoms with Crippen LogP contribution in [0.4, 0.5) is 15.8 Å². The van der Waals surface area contributed by atoms with E-state index >= 15 is 0 Å². The molecule has 4 rings (SSSR count). The van der Waals surface area contributed by atoms with E-state index < -0.39 is 11.1 Å². The van der Waals surface area contributed by atoms with Gasteiger partial charge >= 0.3 is 0 Å². The lowest BCUT2D eigenvalue weighted by Gasteiger charge is -2.37. The average Bonchev–Trinajstić information content (AvgIpc) is 2.74. The predicted octanol–water partition coefficient (Wildman–Crippen LogP) is 3.83. The van der Waals surface area contributed by atoms with Crippen molar-refractivity contribution in [3.05, 3.63) is 52.8 Å². The molecule has 1 fully saturated rings. The van der Waals surface area contributed by atoms with Gasteiger partial charge in [-0.05, 0) is 43.3 Å². The van der Waals surface area contributed by atoms with Crippen LogP contribution < -0.4 is 10.2 Å². The summed E-state index contributed by atoms with van der Waals surface area (Å²) in [6.45, 7) is 3.24. The maximum Gasteiger partial charge on any atom is 0.238 e. The molecule has 0 saturated carbocycles. The summed E-state index contributed by atoms with van der Waals surface area (Å²) in [5.74, 6) is -0.936. The van der Waals surface area contributed by atoms with Gasteiger partial charge in [-0.2, -0.15) is 0 Å². The number of carbonyl (C=O) groups excluding carboxylic acids is 3. The van der Waals surface area contributed by atoms with Crippen LogP contribution in [0, 0.1) is 5.82 Å². The smallest absolute Gasteiger partial charge is 0.238 e. The van der Waals surface area contributed by atoms with E-state index in [9.17, 15) is 18.8 Å². The summed E-state index contributed by atoms with van der Waals surface area (Å²) in [7, 11) is 0. The van der Waals surface area contributed by atoms with Gasteiger partial charge in [0.15, 0.2) is 5.78 Å². The molecule has 0 aromatic heterocycles. The fourth-order valence-corrected chi connectivity index (χ4v) is 4.98. The van der Waals surface area contributed by atoms with Crippen LogP contribution >= 0.6 is 23.4 Å². The van der Waals surface area contributed by atoms with E-state index in [1.807, 2.05) is 11.0 Å². The second-order valence-electron chi connectivity index (χ2n) is 7.53. The number of hydrogen-bond acceptors (Lipinski definition) is 5. The maximum absolute atomic E-state index is 14.4. The van der Waals surface area contributed by atoms with E-state index in [4.69, 9.17) is 11.6 Å². The van der Waals surface area contributed by atoms with E-state index in [0.29, 0.717) is 48.1 Å². The molecule has 0 spiro atoms. The number of Topliss-reactive ketones (excluding diaryl/α,β-unsaturated/α-hetero) is 1. The molecule has 2 amide bonds. The van der Waals surface area contributed by atoms with Gasteiger partial charge in [0.1, 0.15) is 5.82 Å². The van der Waals surface area contributed by atoms with Crippen LogP contribution in [0.25, 0.3) is 0 Å². The Kier molecular flexibility index (Phi) is 6.20. The second-order valence-corrected chi connectivity index (χ2v) is 9.21. The molecular formula is C22H21ClFN3O3S. The van der Waals surface area contributed by atoms with Crippen LogP contribution in [0.2, 0.25) is 5.02 Å². The number of halogens is 2. The number of amides is 2. The summed E-state index contributed by atoms with van der Waals surface area (Å²) < 4.78 is 14.4. The van der Waals surface area contributed by atoms with Gasteiger partial charge in [-0.25, -0.2) is 4.39 Å². The SMILES string of the molecule is CC(=O)c1ccc(N2CCN(C(=O)C[C@@H]3Sc4ccc(Cl)cc4NC3=O)CC2)c(F)c1. The molecule has 1 N–H and O–H groups in total. The summed E-state index contributed by atoms with van der Waals surface area (Å²) >= 11 is 7.33. The summed E-state index contributed by atoms with van der Waals surface area (Å²) in [6.07, 6.45) is 0.0975. The van der Waals surface area contributed by atoms with Gasteiger partial charge in [0, 0.05) is 48.1 Å². The third-order valence-electron chi connectivity index (χ3n) is 5.45. The van der Waals surface area contributed by atoms with Gasteiger partial charge in [-0.15, -0.1) is 11.8 Å².